The zero-order chi connectivity index (χ0) is 7.40. The van der Waals surface area contributed by atoms with Crippen molar-refractivity contribution in [2.75, 3.05) is 6.61 Å². The summed E-state index contributed by atoms with van der Waals surface area (Å²) in [6.45, 7) is 2.24. The van der Waals surface area contributed by atoms with Crippen molar-refractivity contribution in [1.82, 2.24) is 0 Å². The normalized spacial score (nSPS) is 10.8. The summed E-state index contributed by atoms with van der Waals surface area (Å²) in [5, 5.41) is 8.79. The third kappa shape index (κ3) is 3.72. The van der Waals surface area contributed by atoms with Gasteiger partial charge in [0.2, 0.25) is 0 Å². The lowest BCUT2D eigenvalue weighted by Gasteiger charge is -2.05. The fourth-order valence-corrected chi connectivity index (χ4v) is 0.887. The summed E-state index contributed by atoms with van der Waals surface area (Å²) in [5.41, 5.74) is 1.20. The number of rotatable bonds is 2. The minimum Gasteiger partial charge on any atom is -0.412 e. The molecule has 12 heavy (non-hydrogen) atoms. The molecule has 0 radical (unpaired) electrons. The van der Waals surface area contributed by atoms with Crippen LogP contribution in [0.3, 0.4) is 0 Å². The second-order valence-corrected chi connectivity index (χ2v) is 2.49. The van der Waals surface area contributed by atoms with Crippen LogP contribution in [0.15, 0.2) is 30.3 Å². The molecule has 1 aromatic carbocycles. The summed E-state index contributed by atoms with van der Waals surface area (Å²) < 4.78 is 0. The number of aliphatic hydroxyl groups is 1. The smallest absolute Gasteiger partial charge is 0.0497 e. The predicted molar refractivity (Wildman–Crippen MR) is 52.8 cm³/mol. The lowest BCUT2D eigenvalue weighted by Crippen LogP contribution is -1.97. The Balaban J connectivity index is 0. The molecular formula is C9H15ClO2. The van der Waals surface area contributed by atoms with Gasteiger partial charge >= 0.3 is 0 Å². The first-order chi connectivity index (χ1) is 4.84. The van der Waals surface area contributed by atoms with Crippen molar-refractivity contribution in [1.29, 1.82) is 0 Å². The molecule has 3 heteroatoms. The molecule has 1 aromatic rings. The molecular weight excluding hydrogens is 176 g/mol. The molecule has 0 aromatic heterocycles. The third-order valence-corrected chi connectivity index (χ3v) is 1.64. The molecule has 0 aliphatic heterocycles. The molecule has 1 atom stereocenters. The van der Waals surface area contributed by atoms with Crippen LogP contribution in [0.1, 0.15) is 18.4 Å². The quantitative estimate of drug-likeness (QED) is 0.753. The molecule has 0 fully saturated rings. The molecule has 1 unspecified atom stereocenters. The summed E-state index contributed by atoms with van der Waals surface area (Å²) in [6.07, 6.45) is 0. The van der Waals surface area contributed by atoms with Crippen molar-refractivity contribution in [2.45, 2.75) is 12.8 Å². The van der Waals surface area contributed by atoms with E-state index in [9.17, 15) is 0 Å². The molecule has 3 N–H and O–H groups in total. The van der Waals surface area contributed by atoms with Gasteiger partial charge in [0.1, 0.15) is 0 Å². The number of hydrogen-bond donors (Lipinski definition) is 1. The Morgan fingerprint density at radius 3 is 2.17 bits per heavy atom. The van der Waals surface area contributed by atoms with E-state index in [0.29, 0.717) is 0 Å². The van der Waals surface area contributed by atoms with Crippen LogP contribution in [0.5, 0.6) is 0 Å². The van der Waals surface area contributed by atoms with Crippen LogP contribution in [-0.4, -0.2) is 17.2 Å². The Morgan fingerprint density at radius 1 is 1.25 bits per heavy atom. The molecule has 0 saturated carbocycles. The van der Waals surface area contributed by atoms with E-state index in [4.69, 9.17) is 5.11 Å². The van der Waals surface area contributed by atoms with Crippen molar-refractivity contribution >= 4 is 12.4 Å². The van der Waals surface area contributed by atoms with Gasteiger partial charge < -0.3 is 10.6 Å². The monoisotopic (exact) mass is 190 g/mol. The van der Waals surface area contributed by atoms with E-state index >= 15 is 0 Å². The van der Waals surface area contributed by atoms with Crippen LogP contribution in [0.25, 0.3) is 0 Å². The topological polar surface area (TPSA) is 51.7 Å². The maximum absolute atomic E-state index is 8.79. The number of hydrogen-bond acceptors (Lipinski definition) is 1. The van der Waals surface area contributed by atoms with Gasteiger partial charge in [-0.2, -0.15) is 0 Å². The Bertz CT molecular complexity index is 189. The minimum absolute atomic E-state index is 0. The molecule has 70 valence electrons. The Morgan fingerprint density at radius 2 is 1.75 bits per heavy atom. The summed E-state index contributed by atoms with van der Waals surface area (Å²) in [5.74, 6) is 0.265. The highest BCUT2D eigenvalue weighted by atomic mass is 35.5. The van der Waals surface area contributed by atoms with Gasteiger partial charge in [-0.1, -0.05) is 37.3 Å². The molecule has 0 heterocycles. The van der Waals surface area contributed by atoms with Gasteiger partial charge in [0, 0.05) is 12.5 Å². The number of aliphatic hydroxyl groups excluding tert-OH is 1. The Hall–Kier alpha value is -0.570. The van der Waals surface area contributed by atoms with Crippen molar-refractivity contribution in [3.05, 3.63) is 35.9 Å². The van der Waals surface area contributed by atoms with Gasteiger partial charge in [0.05, 0.1) is 0 Å². The van der Waals surface area contributed by atoms with Gasteiger partial charge in [0.15, 0.2) is 0 Å². The molecule has 1 rings (SSSR count). The van der Waals surface area contributed by atoms with Crippen LogP contribution in [0, 0.1) is 0 Å². The van der Waals surface area contributed by atoms with Gasteiger partial charge in [-0.25, -0.2) is 0 Å². The summed E-state index contributed by atoms with van der Waals surface area (Å²) in [6, 6.07) is 10.0. The summed E-state index contributed by atoms with van der Waals surface area (Å²) in [7, 11) is 0. The highest BCUT2D eigenvalue weighted by molar-refractivity contribution is 5.85. The minimum atomic E-state index is 0. The van der Waals surface area contributed by atoms with E-state index in [-0.39, 0.29) is 30.4 Å². The number of halogens is 1. The van der Waals surface area contributed by atoms with Crippen molar-refractivity contribution in [3.8, 4) is 0 Å². The largest absolute Gasteiger partial charge is 0.412 e. The van der Waals surface area contributed by atoms with Crippen LogP contribution in [0.2, 0.25) is 0 Å². The molecule has 0 aliphatic rings. The van der Waals surface area contributed by atoms with E-state index in [1.165, 1.54) is 5.56 Å². The SMILES string of the molecule is CC(CO)c1ccccc1.Cl.O. The molecule has 2 nitrogen and oxygen atoms in total. The van der Waals surface area contributed by atoms with Crippen molar-refractivity contribution in [2.24, 2.45) is 0 Å². The standard InChI is InChI=1S/C9H12O.ClH.H2O/c1-8(7-10)9-5-3-2-4-6-9;;/h2-6,8,10H,7H2,1H3;1H;1H2. The molecule has 0 bridgehead atoms. The first-order valence-corrected chi connectivity index (χ1v) is 3.50. The van der Waals surface area contributed by atoms with Gasteiger partial charge in [-0.05, 0) is 5.56 Å². The predicted octanol–water partition coefficient (Wildman–Crippen LogP) is 1.38. The average molecular weight is 191 g/mol. The van der Waals surface area contributed by atoms with Gasteiger partial charge in [0.25, 0.3) is 0 Å². The Labute approximate surface area is 79.0 Å². The maximum atomic E-state index is 8.79. The van der Waals surface area contributed by atoms with E-state index < -0.39 is 0 Å². The average Bonchev–Trinajstić information content (AvgIpc) is 2.05. The zero-order valence-corrected chi connectivity index (χ0v) is 7.84. The highest BCUT2D eigenvalue weighted by Gasteiger charge is 2.00. The van der Waals surface area contributed by atoms with Gasteiger partial charge in [-0.15, -0.1) is 12.4 Å². The van der Waals surface area contributed by atoms with Crippen molar-refractivity contribution < 1.29 is 10.6 Å². The Kier molecular flexibility index (Phi) is 8.27. The number of benzene rings is 1. The highest BCUT2D eigenvalue weighted by Crippen LogP contribution is 2.12. The molecule has 0 amide bonds. The summed E-state index contributed by atoms with van der Waals surface area (Å²) in [4.78, 5) is 0. The fraction of sp³-hybridized carbons (Fsp3) is 0.333. The lowest BCUT2D eigenvalue weighted by molar-refractivity contribution is 0.273. The van der Waals surface area contributed by atoms with E-state index in [2.05, 4.69) is 0 Å². The van der Waals surface area contributed by atoms with Crippen LogP contribution >= 0.6 is 12.4 Å². The van der Waals surface area contributed by atoms with Crippen LogP contribution in [0.4, 0.5) is 0 Å². The second-order valence-electron chi connectivity index (χ2n) is 2.49. The molecule has 0 saturated heterocycles. The van der Waals surface area contributed by atoms with Crippen molar-refractivity contribution in [3.63, 3.8) is 0 Å². The first kappa shape index (κ1) is 14.0. The zero-order valence-electron chi connectivity index (χ0n) is 7.03. The van der Waals surface area contributed by atoms with Crippen LogP contribution < -0.4 is 0 Å². The fourth-order valence-electron chi connectivity index (χ4n) is 0.887. The lowest BCUT2D eigenvalue weighted by atomic mass is 10.0. The molecule has 0 aliphatic carbocycles. The maximum Gasteiger partial charge on any atom is 0.0497 e. The van der Waals surface area contributed by atoms with Gasteiger partial charge in [-0.3, -0.25) is 0 Å². The van der Waals surface area contributed by atoms with E-state index in [1.807, 2.05) is 37.3 Å². The van der Waals surface area contributed by atoms with E-state index in [0.717, 1.165) is 0 Å². The van der Waals surface area contributed by atoms with E-state index in [1.54, 1.807) is 0 Å². The second kappa shape index (κ2) is 7.10. The molecule has 0 spiro atoms. The summed E-state index contributed by atoms with van der Waals surface area (Å²) >= 11 is 0. The first-order valence-electron chi connectivity index (χ1n) is 3.50. The third-order valence-electron chi connectivity index (χ3n) is 1.64. The van der Waals surface area contributed by atoms with Crippen LogP contribution in [-0.2, 0) is 0 Å².